The quantitative estimate of drug-likeness (QED) is 0.611. The van der Waals surface area contributed by atoms with Gasteiger partial charge in [-0.3, -0.25) is 14.5 Å². The number of anilines is 1. The van der Waals surface area contributed by atoms with Crippen LogP contribution in [0.1, 0.15) is 88.2 Å². The molecule has 7 heteroatoms. The highest BCUT2D eigenvalue weighted by Gasteiger charge is 2.43. The summed E-state index contributed by atoms with van der Waals surface area (Å²) in [6.45, 7) is 12.7. The average molecular weight is 473 g/mol. The van der Waals surface area contributed by atoms with Gasteiger partial charge in [-0.25, -0.2) is 4.79 Å². The molecule has 1 aliphatic heterocycles. The Hall–Kier alpha value is -2.33. The normalized spacial score (nSPS) is 23.4. The molecule has 0 unspecified atom stereocenters. The predicted octanol–water partition coefficient (Wildman–Crippen LogP) is 5.01. The molecule has 1 aromatic rings. The second kappa shape index (κ2) is 9.89. The van der Waals surface area contributed by atoms with Gasteiger partial charge in [0.25, 0.3) is 0 Å². The second-order valence-corrected chi connectivity index (χ2v) is 11.8. The number of carbonyl (C=O) groups excluding carboxylic acids is 2. The summed E-state index contributed by atoms with van der Waals surface area (Å²) in [6, 6.07) is 1.06. The summed E-state index contributed by atoms with van der Waals surface area (Å²) in [5.41, 5.74) is 0.0828. The van der Waals surface area contributed by atoms with Crippen LogP contribution in [0.4, 0.5) is 5.69 Å². The van der Waals surface area contributed by atoms with Gasteiger partial charge in [-0.2, -0.15) is 0 Å². The molecule has 0 bridgehead atoms. The van der Waals surface area contributed by atoms with E-state index < -0.39 is 12.0 Å². The molecule has 2 amide bonds. The molecule has 1 atom stereocenters. The minimum absolute atomic E-state index is 0.0321. The number of nitrogens with zero attached hydrogens (tertiary/aromatic N) is 2. The van der Waals surface area contributed by atoms with Crippen LogP contribution in [0, 0.1) is 29.1 Å². The van der Waals surface area contributed by atoms with E-state index in [1.807, 2.05) is 34.6 Å². The largest absolute Gasteiger partial charge is 0.477 e. The van der Waals surface area contributed by atoms with Gasteiger partial charge in [0.2, 0.25) is 11.8 Å². The lowest BCUT2D eigenvalue weighted by atomic mass is 9.82. The third-order valence-electron chi connectivity index (χ3n) is 6.48. The summed E-state index contributed by atoms with van der Waals surface area (Å²) in [5, 5.41) is 9.96. The molecule has 3 rings (SSSR count). The van der Waals surface area contributed by atoms with Crippen LogP contribution in [0.5, 0.6) is 0 Å². The lowest BCUT2D eigenvalue weighted by molar-refractivity contribution is -0.133. The lowest BCUT2D eigenvalue weighted by Gasteiger charge is -2.34. The number of carboxylic acid groups (broad SMARTS) is 1. The van der Waals surface area contributed by atoms with Crippen molar-refractivity contribution in [1.29, 1.82) is 0 Å². The van der Waals surface area contributed by atoms with Crippen LogP contribution in [0.25, 0.3) is 0 Å². The first-order chi connectivity index (χ1) is 15.4. The molecule has 0 spiro atoms. The standard InChI is InChI=1S/C26H36N2O4S/c1-16(2)27-14-12-20(24(27)30)28(23(29)18-9-7-17(3)8-10-18)21-15-19(11-13-26(4,5)6)33-22(21)25(31)32/h15-18,20H,7-10,12,14H2,1-6H3,(H,31,32)/t17?,18?,20-/m1/s1. The van der Waals surface area contributed by atoms with Crippen molar-refractivity contribution in [2.45, 2.75) is 85.7 Å². The minimum Gasteiger partial charge on any atom is -0.477 e. The molecule has 1 aromatic heterocycles. The summed E-state index contributed by atoms with van der Waals surface area (Å²) in [7, 11) is 0. The first kappa shape index (κ1) is 25.3. The molecule has 0 aromatic carbocycles. The maximum absolute atomic E-state index is 13.8. The van der Waals surface area contributed by atoms with E-state index >= 15 is 0 Å². The fourth-order valence-electron chi connectivity index (χ4n) is 4.61. The van der Waals surface area contributed by atoms with E-state index in [-0.39, 0.29) is 34.1 Å². The van der Waals surface area contributed by atoms with E-state index in [4.69, 9.17) is 0 Å². The monoisotopic (exact) mass is 472 g/mol. The van der Waals surface area contributed by atoms with Crippen molar-refractivity contribution < 1.29 is 19.5 Å². The van der Waals surface area contributed by atoms with Crippen molar-refractivity contribution in [3.05, 3.63) is 15.8 Å². The molecule has 1 saturated heterocycles. The highest BCUT2D eigenvalue weighted by molar-refractivity contribution is 7.15. The zero-order chi connectivity index (χ0) is 24.5. The number of carbonyl (C=O) groups is 3. The molecule has 33 heavy (non-hydrogen) atoms. The van der Waals surface area contributed by atoms with Crippen LogP contribution in [-0.2, 0) is 9.59 Å². The van der Waals surface area contributed by atoms with Crippen molar-refractivity contribution in [3.8, 4) is 11.8 Å². The Kier molecular flexibility index (Phi) is 7.58. The average Bonchev–Trinajstić information content (AvgIpc) is 3.31. The molecule has 180 valence electrons. The molecule has 2 fully saturated rings. The van der Waals surface area contributed by atoms with Crippen molar-refractivity contribution in [2.24, 2.45) is 17.3 Å². The van der Waals surface area contributed by atoms with Gasteiger partial charge < -0.3 is 10.0 Å². The zero-order valence-corrected chi connectivity index (χ0v) is 21.4. The SMILES string of the molecule is CC1CCC(C(=O)N(c2cc(C#CC(C)(C)C)sc2C(=O)O)[C@@H]2CCN(C(C)C)C2=O)CC1. The third-order valence-corrected chi connectivity index (χ3v) is 7.50. The van der Waals surface area contributed by atoms with E-state index in [9.17, 15) is 19.5 Å². The van der Waals surface area contributed by atoms with Crippen LogP contribution >= 0.6 is 11.3 Å². The van der Waals surface area contributed by atoms with Crippen LogP contribution in [0.2, 0.25) is 0 Å². The van der Waals surface area contributed by atoms with E-state index in [0.717, 1.165) is 37.0 Å². The lowest BCUT2D eigenvalue weighted by Crippen LogP contribution is -2.49. The number of amides is 2. The van der Waals surface area contributed by atoms with Crippen molar-refractivity contribution >= 4 is 34.8 Å². The van der Waals surface area contributed by atoms with Gasteiger partial charge in [0.05, 0.1) is 10.6 Å². The van der Waals surface area contributed by atoms with Crippen LogP contribution in [0.3, 0.4) is 0 Å². The van der Waals surface area contributed by atoms with Crippen LogP contribution < -0.4 is 4.90 Å². The summed E-state index contributed by atoms with van der Waals surface area (Å²) in [4.78, 5) is 43.3. The fourth-order valence-corrected chi connectivity index (χ4v) is 5.45. The van der Waals surface area contributed by atoms with Gasteiger partial charge in [-0.1, -0.05) is 18.8 Å². The van der Waals surface area contributed by atoms with Gasteiger partial charge in [-0.05, 0) is 78.7 Å². The van der Waals surface area contributed by atoms with E-state index in [1.54, 1.807) is 11.0 Å². The molecule has 2 heterocycles. The summed E-state index contributed by atoms with van der Waals surface area (Å²) in [6.07, 6.45) is 3.99. The summed E-state index contributed by atoms with van der Waals surface area (Å²) < 4.78 is 0. The Morgan fingerprint density at radius 2 is 1.82 bits per heavy atom. The molecular formula is C26H36N2O4S. The summed E-state index contributed by atoms with van der Waals surface area (Å²) in [5.74, 6) is 5.30. The maximum atomic E-state index is 13.8. The van der Waals surface area contributed by atoms with E-state index in [0.29, 0.717) is 29.4 Å². The number of likely N-dealkylation sites (tertiary alicyclic amines) is 1. The Morgan fingerprint density at radius 1 is 1.18 bits per heavy atom. The highest BCUT2D eigenvalue weighted by Crippen LogP contribution is 2.38. The van der Waals surface area contributed by atoms with Gasteiger partial charge in [-0.15, -0.1) is 11.3 Å². The molecule has 1 N–H and O–H groups in total. The van der Waals surface area contributed by atoms with Crippen molar-refractivity contribution in [2.75, 3.05) is 11.4 Å². The zero-order valence-electron chi connectivity index (χ0n) is 20.6. The number of thiophene rings is 1. The Labute approximate surface area is 201 Å². The Morgan fingerprint density at radius 3 is 2.33 bits per heavy atom. The number of hydrogen-bond acceptors (Lipinski definition) is 4. The Balaban J connectivity index is 2.06. The predicted molar refractivity (Wildman–Crippen MR) is 131 cm³/mol. The highest BCUT2D eigenvalue weighted by atomic mass is 32.1. The molecular weight excluding hydrogens is 436 g/mol. The number of aromatic carboxylic acids is 1. The minimum atomic E-state index is -1.10. The topological polar surface area (TPSA) is 77.9 Å². The van der Waals surface area contributed by atoms with Crippen molar-refractivity contribution in [1.82, 2.24) is 4.90 Å². The molecule has 1 saturated carbocycles. The molecule has 2 aliphatic rings. The van der Waals surface area contributed by atoms with Crippen molar-refractivity contribution in [3.63, 3.8) is 0 Å². The number of rotatable bonds is 5. The Bertz CT molecular complexity index is 971. The summed E-state index contributed by atoms with van der Waals surface area (Å²) >= 11 is 1.08. The first-order valence-electron chi connectivity index (χ1n) is 11.9. The van der Waals surface area contributed by atoms with Gasteiger partial charge >= 0.3 is 5.97 Å². The maximum Gasteiger partial charge on any atom is 0.348 e. The van der Waals surface area contributed by atoms with Gasteiger partial charge in [0, 0.05) is 23.9 Å². The molecule has 0 radical (unpaired) electrons. The van der Waals surface area contributed by atoms with Crippen LogP contribution in [0.15, 0.2) is 6.07 Å². The number of carboxylic acids is 1. The van der Waals surface area contributed by atoms with Gasteiger partial charge in [0.1, 0.15) is 10.9 Å². The van der Waals surface area contributed by atoms with E-state index in [2.05, 4.69) is 18.8 Å². The van der Waals surface area contributed by atoms with E-state index in [1.165, 1.54) is 4.90 Å². The van der Waals surface area contributed by atoms with Crippen LogP contribution in [-0.4, -0.2) is 46.4 Å². The second-order valence-electron chi connectivity index (χ2n) is 10.7. The number of hydrogen-bond donors (Lipinski definition) is 1. The molecule has 1 aliphatic carbocycles. The smallest absolute Gasteiger partial charge is 0.348 e. The molecule has 6 nitrogen and oxygen atoms in total. The first-order valence-corrected chi connectivity index (χ1v) is 12.7. The third kappa shape index (κ3) is 5.78. The fraction of sp³-hybridized carbons (Fsp3) is 0.654. The van der Waals surface area contributed by atoms with Gasteiger partial charge in [0.15, 0.2) is 0 Å².